The third kappa shape index (κ3) is 3.49. The first-order valence-corrected chi connectivity index (χ1v) is 12.2. The van der Waals surface area contributed by atoms with Crippen LogP contribution in [-0.4, -0.2) is 64.4 Å². The smallest absolute Gasteiger partial charge is 0.303 e. The number of hydrogen-bond donors (Lipinski definition) is 2. The van der Waals surface area contributed by atoms with E-state index >= 15 is 0 Å². The van der Waals surface area contributed by atoms with Gasteiger partial charge in [-0.25, -0.2) is 0 Å². The van der Waals surface area contributed by atoms with E-state index < -0.39 is 76.5 Å². The summed E-state index contributed by atoms with van der Waals surface area (Å²) in [6.07, 6.45) is -4.44. The summed E-state index contributed by atoms with van der Waals surface area (Å²) in [4.78, 5) is 50.2. The molecule has 0 aromatic carbocycles. The molecule has 10 atom stereocenters. The van der Waals surface area contributed by atoms with Crippen LogP contribution < -0.4 is 0 Å². The molecule has 0 unspecified atom stereocenters. The van der Waals surface area contributed by atoms with Crippen molar-refractivity contribution in [2.75, 3.05) is 0 Å². The maximum Gasteiger partial charge on any atom is 0.303 e. The Labute approximate surface area is 205 Å². The SMILES string of the molecule is C=C1C(=O)[C@]23C[C@H]1C[C@H](OC(C)=O)[C@H]2[C@]1(C)C[C@H](O)[C@H](OC(C)=O)C(C)(C)[C@H]1[C@@H](O)[C@@H]3OC(C)=O. The molecule has 194 valence electrons. The van der Waals surface area contributed by atoms with E-state index in [1.165, 1.54) is 20.8 Å². The second-order valence-electron chi connectivity index (χ2n) is 11.8. The fourth-order valence-electron chi connectivity index (χ4n) is 8.71. The number of hydrogen-bond acceptors (Lipinski definition) is 9. The Morgan fingerprint density at radius 1 is 0.886 bits per heavy atom. The fourth-order valence-corrected chi connectivity index (χ4v) is 8.71. The Bertz CT molecular complexity index is 985. The van der Waals surface area contributed by atoms with E-state index in [9.17, 15) is 29.4 Å². The van der Waals surface area contributed by atoms with Gasteiger partial charge in [0.2, 0.25) is 0 Å². The van der Waals surface area contributed by atoms with Gasteiger partial charge in [0.25, 0.3) is 0 Å². The molecule has 0 saturated heterocycles. The lowest BCUT2D eigenvalue weighted by Crippen LogP contribution is -2.75. The molecule has 2 N–H and O–H groups in total. The lowest BCUT2D eigenvalue weighted by atomic mass is 9.38. The van der Waals surface area contributed by atoms with E-state index in [0.717, 1.165) is 0 Å². The zero-order chi connectivity index (χ0) is 26.2. The van der Waals surface area contributed by atoms with Crippen LogP contribution in [-0.2, 0) is 33.4 Å². The summed E-state index contributed by atoms with van der Waals surface area (Å²) in [6.45, 7) is 13.3. The van der Waals surface area contributed by atoms with Gasteiger partial charge in [0.1, 0.15) is 18.3 Å². The van der Waals surface area contributed by atoms with Crippen LogP contribution in [0.4, 0.5) is 0 Å². The van der Waals surface area contributed by atoms with Gasteiger partial charge in [-0.15, -0.1) is 0 Å². The number of aliphatic hydroxyl groups is 2. The zero-order valence-corrected chi connectivity index (χ0v) is 21.2. The highest BCUT2D eigenvalue weighted by molar-refractivity contribution is 6.04. The molecule has 0 aliphatic heterocycles. The minimum absolute atomic E-state index is 0.0947. The number of allylic oxidation sites excluding steroid dienone is 1. The second kappa shape index (κ2) is 8.13. The highest BCUT2D eigenvalue weighted by Gasteiger charge is 2.78. The van der Waals surface area contributed by atoms with E-state index in [0.29, 0.717) is 18.4 Å². The molecule has 1 spiro atoms. The molecule has 4 aliphatic carbocycles. The number of carbonyl (C=O) groups excluding carboxylic acids is 4. The lowest BCUT2D eigenvalue weighted by molar-refractivity contribution is -0.297. The summed E-state index contributed by atoms with van der Waals surface area (Å²) in [5, 5.41) is 23.1. The quantitative estimate of drug-likeness (QED) is 0.343. The largest absolute Gasteiger partial charge is 0.462 e. The van der Waals surface area contributed by atoms with Gasteiger partial charge in [0, 0.05) is 38.0 Å². The van der Waals surface area contributed by atoms with Crippen LogP contribution in [0.1, 0.15) is 60.8 Å². The lowest BCUT2D eigenvalue weighted by Gasteiger charge is -2.68. The first-order valence-electron chi connectivity index (χ1n) is 12.2. The molecular formula is C26H36O9. The van der Waals surface area contributed by atoms with Gasteiger partial charge in [-0.2, -0.15) is 0 Å². The van der Waals surface area contributed by atoms with Crippen LogP contribution in [0.25, 0.3) is 0 Å². The van der Waals surface area contributed by atoms with Gasteiger partial charge < -0.3 is 24.4 Å². The Hall–Kier alpha value is -2.26. The van der Waals surface area contributed by atoms with Gasteiger partial charge >= 0.3 is 17.9 Å². The van der Waals surface area contributed by atoms with Crippen LogP contribution in [0.2, 0.25) is 0 Å². The van der Waals surface area contributed by atoms with Crippen LogP contribution in [0.15, 0.2) is 12.2 Å². The second-order valence-corrected chi connectivity index (χ2v) is 11.8. The number of carbonyl (C=O) groups is 4. The Kier molecular flexibility index (Phi) is 6.00. The number of fused-ring (bicyclic) bond motifs is 3. The van der Waals surface area contributed by atoms with Crippen LogP contribution >= 0.6 is 0 Å². The summed E-state index contributed by atoms with van der Waals surface area (Å²) in [6, 6.07) is 0. The number of ether oxygens (including phenoxy) is 3. The van der Waals surface area contributed by atoms with Crippen molar-refractivity contribution in [1.82, 2.24) is 0 Å². The molecular weight excluding hydrogens is 456 g/mol. The van der Waals surface area contributed by atoms with Gasteiger partial charge in [0.05, 0.1) is 17.6 Å². The molecule has 9 nitrogen and oxygen atoms in total. The molecule has 0 aromatic heterocycles. The highest BCUT2D eigenvalue weighted by atomic mass is 16.6. The van der Waals surface area contributed by atoms with Crippen molar-refractivity contribution in [3.63, 3.8) is 0 Å². The average Bonchev–Trinajstić information content (AvgIpc) is 2.88. The fraction of sp³-hybridized carbons (Fsp3) is 0.769. The summed E-state index contributed by atoms with van der Waals surface area (Å²) < 4.78 is 17.1. The molecule has 9 heteroatoms. The predicted molar refractivity (Wildman–Crippen MR) is 121 cm³/mol. The molecule has 35 heavy (non-hydrogen) atoms. The summed E-state index contributed by atoms with van der Waals surface area (Å²) in [5.41, 5.74) is -2.88. The normalized spacial score (nSPS) is 45.7. The number of esters is 3. The molecule has 4 fully saturated rings. The maximum absolute atomic E-state index is 13.9. The van der Waals surface area contributed by atoms with E-state index in [1.54, 1.807) is 13.8 Å². The van der Waals surface area contributed by atoms with E-state index in [-0.39, 0.29) is 18.1 Å². The Balaban J connectivity index is 1.96. The number of rotatable bonds is 3. The number of ketones is 1. The first kappa shape index (κ1) is 25.8. The minimum Gasteiger partial charge on any atom is -0.462 e. The highest BCUT2D eigenvalue weighted by Crippen LogP contribution is 2.72. The molecule has 0 radical (unpaired) electrons. The summed E-state index contributed by atoms with van der Waals surface area (Å²) in [5.74, 6) is -3.61. The summed E-state index contributed by atoms with van der Waals surface area (Å²) >= 11 is 0. The van der Waals surface area contributed by atoms with E-state index in [2.05, 4.69) is 6.58 Å². The topological polar surface area (TPSA) is 136 Å². The van der Waals surface area contributed by atoms with Crippen molar-refractivity contribution in [2.24, 2.45) is 34.0 Å². The van der Waals surface area contributed by atoms with Crippen molar-refractivity contribution in [3.8, 4) is 0 Å². The Morgan fingerprint density at radius 3 is 1.97 bits per heavy atom. The van der Waals surface area contributed by atoms with Gasteiger partial charge in [0.15, 0.2) is 5.78 Å². The van der Waals surface area contributed by atoms with Crippen molar-refractivity contribution in [2.45, 2.75) is 91.3 Å². The third-order valence-electron chi connectivity index (χ3n) is 9.25. The van der Waals surface area contributed by atoms with Crippen LogP contribution in [0.3, 0.4) is 0 Å². The number of Topliss-reactive ketones (excluding diaryl/α,β-unsaturated/α-hetero) is 1. The zero-order valence-electron chi connectivity index (χ0n) is 21.2. The van der Waals surface area contributed by atoms with Crippen LogP contribution in [0, 0.1) is 34.0 Å². The molecule has 4 saturated carbocycles. The molecule has 2 bridgehead atoms. The van der Waals surface area contributed by atoms with Crippen molar-refractivity contribution >= 4 is 23.7 Å². The van der Waals surface area contributed by atoms with E-state index in [4.69, 9.17) is 14.2 Å². The van der Waals surface area contributed by atoms with Gasteiger partial charge in [-0.3, -0.25) is 19.2 Å². The predicted octanol–water partition coefficient (Wildman–Crippen LogP) is 1.72. The standard InChI is InChI=1S/C26H36O9/c1-11-15-8-17(33-12(2)27)19-25(7)10-16(30)22(34-13(3)28)24(5,6)20(25)18(31)23(35-14(4)29)26(19,9-15)21(11)32/h15-20,22-23,30-31H,1,8-10H2,2-7H3/t15-,16+,17+,18-,19+,20-,22+,23+,25+,26+/m1/s1. The average molecular weight is 493 g/mol. The molecule has 0 aromatic rings. The monoisotopic (exact) mass is 492 g/mol. The summed E-state index contributed by atoms with van der Waals surface area (Å²) in [7, 11) is 0. The van der Waals surface area contributed by atoms with Crippen LogP contribution in [0.5, 0.6) is 0 Å². The van der Waals surface area contributed by atoms with Gasteiger partial charge in [-0.05, 0) is 36.2 Å². The van der Waals surface area contributed by atoms with Crippen molar-refractivity contribution in [1.29, 1.82) is 0 Å². The third-order valence-corrected chi connectivity index (χ3v) is 9.25. The first-order chi connectivity index (χ1) is 16.1. The number of aliphatic hydroxyl groups excluding tert-OH is 2. The van der Waals surface area contributed by atoms with E-state index in [1.807, 2.05) is 6.92 Å². The molecule has 4 rings (SSSR count). The minimum atomic E-state index is -1.35. The van der Waals surface area contributed by atoms with Gasteiger partial charge in [-0.1, -0.05) is 27.4 Å². The molecule has 0 amide bonds. The van der Waals surface area contributed by atoms with Crippen molar-refractivity contribution < 1.29 is 43.6 Å². The molecule has 0 heterocycles. The molecule has 4 aliphatic rings. The Morgan fingerprint density at radius 2 is 1.43 bits per heavy atom. The van der Waals surface area contributed by atoms with Crippen molar-refractivity contribution in [3.05, 3.63) is 12.2 Å². The maximum atomic E-state index is 13.9.